The number of hydrogen-bond acceptors (Lipinski definition) is 1. The molecule has 0 saturated carbocycles. The van der Waals surface area contributed by atoms with Crippen molar-refractivity contribution in [1.82, 2.24) is 0 Å². The van der Waals surface area contributed by atoms with Crippen LogP contribution in [0.2, 0.25) is 0 Å². The molecule has 0 heterocycles. The molecule has 2 N–H and O–H groups in total. The fraction of sp³-hybridized carbons (Fsp3) is 0.955. The number of carbonyl (C=O) groups is 1. The molecule has 160 valence electrons. The van der Waals surface area contributed by atoms with Gasteiger partial charge in [0.05, 0.1) is 27.7 Å². The molecule has 0 radical (unpaired) electrons. The molecule has 0 aromatic heterocycles. The van der Waals surface area contributed by atoms with E-state index in [9.17, 15) is 4.79 Å². The van der Waals surface area contributed by atoms with Gasteiger partial charge in [-0.3, -0.25) is 4.79 Å². The van der Waals surface area contributed by atoms with Crippen molar-refractivity contribution < 1.29 is 26.3 Å². The van der Waals surface area contributed by atoms with Crippen LogP contribution >= 0.6 is 0 Å². The van der Waals surface area contributed by atoms with Gasteiger partial charge in [-0.05, 0) is 12.8 Å². The molecule has 1 amide bonds. The predicted molar refractivity (Wildman–Crippen MR) is 113 cm³/mol. The molecule has 0 unspecified atom stereocenters. The minimum atomic E-state index is -0.155. The summed E-state index contributed by atoms with van der Waals surface area (Å²) in [4.78, 5) is 10.5. The standard InChI is InChI=1S/C16H33NO.C6H16N.BrH/c1-2-3-4-5-6-7-8-9-10-11-12-13-14-15-16(17)18;1-5-6-7(2,3)4;/h2-15H2,1H3,(H2,17,18);5-6H2,1-4H3;1H/q;+1;/p-1. The number of amides is 1. The average Bonchev–Trinajstić information content (AvgIpc) is 2.51. The van der Waals surface area contributed by atoms with Gasteiger partial charge in [0, 0.05) is 6.42 Å². The van der Waals surface area contributed by atoms with Crippen LogP contribution in [0.15, 0.2) is 0 Å². The molecule has 0 spiro atoms. The van der Waals surface area contributed by atoms with E-state index in [4.69, 9.17) is 5.73 Å². The molecule has 0 aliphatic carbocycles. The minimum absolute atomic E-state index is 0. The van der Waals surface area contributed by atoms with Crippen LogP contribution in [0.3, 0.4) is 0 Å². The van der Waals surface area contributed by atoms with Crippen molar-refractivity contribution in [2.75, 3.05) is 27.7 Å². The van der Waals surface area contributed by atoms with Crippen molar-refractivity contribution in [1.29, 1.82) is 0 Å². The van der Waals surface area contributed by atoms with E-state index in [0.717, 1.165) is 10.9 Å². The fourth-order valence-corrected chi connectivity index (χ4v) is 2.99. The Balaban J connectivity index is -0.000000561. The molecule has 0 aromatic rings. The zero-order valence-electron chi connectivity index (χ0n) is 18.6. The summed E-state index contributed by atoms with van der Waals surface area (Å²) >= 11 is 0. The molecular weight excluding hydrogens is 388 g/mol. The topological polar surface area (TPSA) is 43.1 Å². The van der Waals surface area contributed by atoms with Crippen molar-refractivity contribution in [3.8, 4) is 0 Å². The van der Waals surface area contributed by atoms with Gasteiger partial charge in [0.1, 0.15) is 0 Å². The van der Waals surface area contributed by atoms with Crippen molar-refractivity contribution in [3.63, 3.8) is 0 Å². The van der Waals surface area contributed by atoms with E-state index >= 15 is 0 Å². The molecule has 0 aliphatic heterocycles. The van der Waals surface area contributed by atoms with Gasteiger partial charge in [0.15, 0.2) is 0 Å². The van der Waals surface area contributed by atoms with Gasteiger partial charge in [0.25, 0.3) is 0 Å². The van der Waals surface area contributed by atoms with Crippen LogP contribution in [0.5, 0.6) is 0 Å². The Kier molecular flexibility index (Phi) is 27.0. The molecule has 0 bridgehead atoms. The molecule has 3 nitrogen and oxygen atoms in total. The van der Waals surface area contributed by atoms with Gasteiger partial charge in [-0.25, -0.2) is 0 Å². The van der Waals surface area contributed by atoms with E-state index in [1.165, 1.54) is 90.0 Å². The van der Waals surface area contributed by atoms with E-state index in [1.807, 2.05) is 0 Å². The van der Waals surface area contributed by atoms with Crippen LogP contribution < -0.4 is 22.7 Å². The first kappa shape index (κ1) is 30.6. The summed E-state index contributed by atoms with van der Waals surface area (Å²) in [5, 5.41) is 0. The highest BCUT2D eigenvalue weighted by Gasteiger charge is 2.01. The van der Waals surface area contributed by atoms with Crippen LogP contribution in [0, 0.1) is 0 Å². The lowest BCUT2D eigenvalue weighted by Crippen LogP contribution is -3.00. The smallest absolute Gasteiger partial charge is 0.217 e. The summed E-state index contributed by atoms with van der Waals surface area (Å²) in [6, 6.07) is 0. The number of primary amides is 1. The van der Waals surface area contributed by atoms with Gasteiger partial charge < -0.3 is 27.2 Å². The van der Waals surface area contributed by atoms with Gasteiger partial charge in [-0.1, -0.05) is 90.9 Å². The highest BCUT2D eigenvalue weighted by atomic mass is 79.9. The molecule has 0 fully saturated rings. The van der Waals surface area contributed by atoms with Crippen molar-refractivity contribution in [3.05, 3.63) is 0 Å². The molecular formula is C22H49BrN2O. The van der Waals surface area contributed by atoms with Crippen LogP contribution in [0.1, 0.15) is 110 Å². The van der Waals surface area contributed by atoms with Gasteiger partial charge in [-0.2, -0.15) is 0 Å². The summed E-state index contributed by atoms with van der Waals surface area (Å²) in [5.41, 5.74) is 5.09. The van der Waals surface area contributed by atoms with E-state index in [0.29, 0.717) is 6.42 Å². The monoisotopic (exact) mass is 436 g/mol. The number of rotatable bonds is 16. The number of quaternary nitrogens is 1. The molecule has 0 saturated heterocycles. The largest absolute Gasteiger partial charge is 1.00 e. The van der Waals surface area contributed by atoms with Crippen LogP contribution in [-0.2, 0) is 4.79 Å². The second-order valence-corrected chi connectivity index (χ2v) is 8.47. The second-order valence-electron chi connectivity index (χ2n) is 8.47. The summed E-state index contributed by atoms with van der Waals surface area (Å²) in [6.07, 6.45) is 19.2. The maximum absolute atomic E-state index is 10.5. The first-order valence-electron chi connectivity index (χ1n) is 10.9. The van der Waals surface area contributed by atoms with Crippen LogP contribution in [0.4, 0.5) is 0 Å². The molecule has 0 aromatic carbocycles. The minimum Gasteiger partial charge on any atom is -1.00 e. The summed E-state index contributed by atoms with van der Waals surface area (Å²) in [5.74, 6) is -0.155. The quantitative estimate of drug-likeness (QED) is 0.293. The Bertz CT molecular complexity index is 278. The third kappa shape index (κ3) is 35.1. The van der Waals surface area contributed by atoms with Gasteiger partial charge >= 0.3 is 0 Å². The Labute approximate surface area is 175 Å². The normalized spacial score (nSPS) is 10.7. The van der Waals surface area contributed by atoms with E-state index < -0.39 is 0 Å². The maximum atomic E-state index is 10.5. The lowest BCUT2D eigenvalue weighted by Gasteiger charge is -2.22. The molecule has 26 heavy (non-hydrogen) atoms. The number of carbonyl (C=O) groups excluding carboxylic acids is 1. The average molecular weight is 438 g/mol. The predicted octanol–water partition coefficient (Wildman–Crippen LogP) is 3.06. The third-order valence-corrected chi connectivity index (χ3v) is 4.42. The highest BCUT2D eigenvalue weighted by Crippen LogP contribution is 2.12. The van der Waals surface area contributed by atoms with Crippen molar-refractivity contribution in [2.24, 2.45) is 5.73 Å². The van der Waals surface area contributed by atoms with E-state index in [2.05, 4.69) is 35.0 Å². The lowest BCUT2D eigenvalue weighted by molar-refractivity contribution is -0.870. The Morgan fingerprint density at radius 2 is 1.00 bits per heavy atom. The van der Waals surface area contributed by atoms with Crippen LogP contribution in [-0.4, -0.2) is 38.1 Å². The number of hydrogen-bond donors (Lipinski definition) is 1. The second kappa shape index (κ2) is 23.0. The van der Waals surface area contributed by atoms with Crippen LogP contribution in [0.25, 0.3) is 0 Å². The Morgan fingerprint density at radius 1 is 0.654 bits per heavy atom. The molecule has 0 rings (SSSR count). The summed E-state index contributed by atoms with van der Waals surface area (Å²) in [7, 11) is 6.64. The SMILES string of the molecule is CCCCCCCCCCCCCCCC(N)=O.CCC[N+](C)(C)C.[Br-]. The number of halogens is 1. The van der Waals surface area contributed by atoms with Crippen molar-refractivity contribution in [2.45, 2.75) is 110 Å². The maximum Gasteiger partial charge on any atom is 0.217 e. The molecule has 4 heteroatoms. The summed E-state index contributed by atoms with van der Waals surface area (Å²) in [6.45, 7) is 5.76. The van der Waals surface area contributed by atoms with E-state index in [-0.39, 0.29) is 22.9 Å². The first-order chi connectivity index (χ1) is 11.8. The lowest BCUT2D eigenvalue weighted by atomic mass is 10.0. The Morgan fingerprint density at radius 3 is 1.23 bits per heavy atom. The highest BCUT2D eigenvalue weighted by molar-refractivity contribution is 5.73. The fourth-order valence-electron chi connectivity index (χ4n) is 2.99. The van der Waals surface area contributed by atoms with Gasteiger partial charge in [0.2, 0.25) is 5.91 Å². The third-order valence-electron chi connectivity index (χ3n) is 4.42. The first-order valence-corrected chi connectivity index (χ1v) is 10.9. The van der Waals surface area contributed by atoms with Gasteiger partial charge in [-0.15, -0.1) is 0 Å². The zero-order chi connectivity index (χ0) is 19.4. The number of nitrogens with two attached hydrogens (primary N) is 1. The molecule has 0 atom stereocenters. The Hall–Kier alpha value is -0.0900. The van der Waals surface area contributed by atoms with Crippen molar-refractivity contribution >= 4 is 5.91 Å². The molecule has 0 aliphatic rings. The zero-order valence-corrected chi connectivity index (χ0v) is 20.2. The number of unbranched alkanes of at least 4 members (excludes halogenated alkanes) is 12. The number of nitrogens with zero attached hydrogens (tertiary/aromatic N) is 1. The summed E-state index contributed by atoms with van der Waals surface area (Å²) < 4.78 is 1.09. The van der Waals surface area contributed by atoms with E-state index in [1.54, 1.807) is 0 Å².